The first-order valence-corrected chi connectivity index (χ1v) is 8.46. The zero-order chi connectivity index (χ0) is 17.2. The first kappa shape index (κ1) is 15.6. The predicted octanol–water partition coefficient (Wildman–Crippen LogP) is 3.61. The number of nitrogens with zero attached hydrogens (tertiary/aromatic N) is 4. The van der Waals surface area contributed by atoms with Crippen LogP contribution in [0.2, 0.25) is 0 Å². The molecule has 1 N–H and O–H groups in total. The Balaban J connectivity index is 1.49. The van der Waals surface area contributed by atoms with Crippen molar-refractivity contribution in [3.8, 4) is 11.5 Å². The second-order valence-electron chi connectivity index (χ2n) is 6.28. The Morgan fingerprint density at radius 3 is 2.64 bits per heavy atom. The first-order chi connectivity index (χ1) is 12.2. The number of aromatic nitrogens is 4. The maximum Gasteiger partial charge on any atom is 0.257 e. The average Bonchev–Trinajstić information content (AvgIpc) is 3.36. The molecule has 0 unspecified atom stereocenters. The lowest BCUT2D eigenvalue weighted by Gasteiger charge is -2.14. The lowest BCUT2D eigenvalue weighted by atomic mass is 10.1. The lowest BCUT2D eigenvalue weighted by Crippen LogP contribution is -2.17. The smallest absolute Gasteiger partial charge is 0.257 e. The lowest BCUT2D eigenvalue weighted by molar-refractivity contribution is 0.102. The molecule has 2 aromatic heterocycles. The van der Waals surface area contributed by atoms with Gasteiger partial charge in [-0.2, -0.15) is 10.1 Å². The van der Waals surface area contributed by atoms with Gasteiger partial charge in [-0.25, -0.2) is 4.68 Å². The molecule has 1 aliphatic rings. The topological polar surface area (TPSA) is 85.8 Å². The van der Waals surface area contributed by atoms with Crippen LogP contribution < -0.4 is 5.32 Å². The quantitative estimate of drug-likeness (QED) is 0.786. The SMILES string of the molecule is Cc1noc(-c2ccc(C(=O)Nc3ccnn3C3CCCC3)cc2)n1. The molecule has 1 amide bonds. The van der Waals surface area contributed by atoms with Crippen LogP contribution in [0.3, 0.4) is 0 Å². The fraction of sp³-hybridized carbons (Fsp3) is 0.333. The van der Waals surface area contributed by atoms with Gasteiger partial charge in [0.1, 0.15) is 5.82 Å². The summed E-state index contributed by atoms with van der Waals surface area (Å²) in [6, 6.07) is 9.33. The highest BCUT2D eigenvalue weighted by atomic mass is 16.5. The van der Waals surface area contributed by atoms with Crippen LogP contribution in [0.1, 0.15) is 47.9 Å². The third-order valence-electron chi connectivity index (χ3n) is 4.50. The molecule has 0 bridgehead atoms. The molecule has 0 saturated heterocycles. The molecule has 25 heavy (non-hydrogen) atoms. The molecule has 7 nitrogen and oxygen atoms in total. The predicted molar refractivity (Wildman–Crippen MR) is 92.2 cm³/mol. The van der Waals surface area contributed by atoms with Crippen molar-refractivity contribution in [3.05, 3.63) is 47.9 Å². The summed E-state index contributed by atoms with van der Waals surface area (Å²) in [4.78, 5) is 16.7. The van der Waals surface area contributed by atoms with Crippen molar-refractivity contribution in [2.75, 3.05) is 5.32 Å². The number of hydrogen-bond acceptors (Lipinski definition) is 5. The van der Waals surface area contributed by atoms with Gasteiger partial charge in [-0.05, 0) is 44.0 Å². The van der Waals surface area contributed by atoms with Gasteiger partial charge in [0.05, 0.1) is 12.2 Å². The minimum absolute atomic E-state index is 0.159. The highest BCUT2D eigenvalue weighted by molar-refractivity contribution is 6.04. The van der Waals surface area contributed by atoms with Gasteiger partial charge in [-0.1, -0.05) is 18.0 Å². The van der Waals surface area contributed by atoms with E-state index in [9.17, 15) is 4.79 Å². The highest BCUT2D eigenvalue weighted by Crippen LogP contribution is 2.31. The molecular weight excluding hydrogens is 318 g/mol. The maximum absolute atomic E-state index is 12.5. The molecule has 1 aliphatic carbocycles. The Labute approximate surface area is 145 Å². The summed E-state index contributed by atoms with van der Waals surface area (Å²) in [7, 11) is 0. The minimum atomic E-state index is -0.159. The normalized spacial score (nSPS) is 14.8. The van der Waals surface area contributed by atoms with Crippen molar-refractivity contribution in [3.63, 3.8) is 0 Å². The summed E-state index contributed by atoms with van der Waals surface area (Å²) in [6.45, 7) is 1.77. The number of rotatable bonds is 4. The fourth-order valence-corrected chi connectivity index (χ4v) is 3.22. The number of benzene rings is 1. The third-order valence-corrected chi connectivity index (χ3v) is 4.50. The Bertz CT molecular complexity index is 875. The van der Waals surface area contributed by atoms with Crippen LogP contribution in [0.25, 0.3) is 11.5 Å². The van der Waals surface area contributed by atoms with E-state index in [2.05, 4.69) is 20.6 Å². The van der Waals surface area contributed by atoms with E-state index in [-0.39, 0.29) is 5.91 Å². The van der Waals surface area contributed by atoms with Gasteiger partial charge in [0.15, 0.2) is 5.82 Å². The molecule has 0 aliphatic heterocycles. The largest absolute Gasteiger partial charge is 0.334 e. The van der Waals surface area contributed by atoms with E-state index in [0.29, 0.717) is 23.3 Å². The standard InChI is InChI=1S/C18H19N5O2/c1-12-20-18(25-22-12)14-8-6-13(7-9-14)17(24)21-16-10-11-19-23(16)15-4-2-3-5-15/h6-11,15H,2-5H2,1H3,(H,21,24). The third kappa shape index (κ3) is 3.17. The fourth-order valence-electron chi connectivity index (χ4n) is 3.22. The van der Waals surface area contributed by atoms with Gasteiger partial charge < -0.3 is 9.84 Å². The van der Waals surface area contributed by atoms with Crippen LogP contribution in [0.5, 0.6) is 0 Å². The van der Waals surface area contributed by atoms with Crippen molar-refractivity contribution < 1.29 is 9.32 Å². The van der Waals surface area contributed by atoms with Crippen molar-refractivity contribution in [2.45, 2.75) is 38.6 Å². The zero-order valence-electron chi connectivity index (χ0n) is 14.0. The molecule has 0 atom stereocenters. The molecule has 1 aromatic carbocycles. The molecule has 7 heteroatoms. The molecule has 4 rings (SSSR count). The van der Waals surface area contributed by atoms with Crippen LogP contribution in [0.4, 0.5) is 5.82 Å². The number of carbonyl (C=O) groups is 1. The van der Waals surface area contributed by atoms with E-state index in [0.717, 1.165) is 24.2 Å². The van der Waals surface area contributed by atoms with Crippen molar-refractivity contribution in [1.29, 1.82) is 0 Å². The molecule has 2 heterocycles. The Hall–Kier alpha value is -2.96. The van der Waals surface area contributed by atoms with Crippen LogP contribution >= 0.6 is 0 Å². The van der Waals surface area contributed by atoms with E-state index >= 15 is 0 Å². The Morgan fingerprint density at radius 1 is 1.20 bits per heavy atom. The number of aryl methyl sites for hydroxylation is 1. The monoisotopic (exact) mass is 337 g/mol. The molecule has 3 aromatic rings. The van der Waals surface area contributed by atoms with E-state index in [1.165, 1.54) is 12.8 Å². The van der Waals surface area contributed by atoms with E-state index in [1.54, 1.807) is 37.4 Å². The zero-order valence-corrected chi connectivity index (χ0v) is 14.0. The maximum atomic E-state index is 12.5. The van der Waals surface area contributed by atoms with E-state index in [1.807, 2.05) is 10.7 Å². The number of amides is 1. The highest BCUT2D eigenvalue weighted by Gasteiger charge is 2.20. The number of carbonyl (C=O) groups excluding carboxylic acids is 1. The summed E-state index contributed by atoms with van der Waals surface area (Å²) in [5.74, 6) is 1.61. The van der Waals surface area contributed by atoms with Crippen molar-refractivity contribution in [1.82, 2.24) is 19.9 Å². The summed E-state index contributed by atoms with van der Waals surface area (Å²) in [5, 5.41) is 11.1. The summed E-state index contributed by atoms with van der Waals surface area (Å²) in [5.41, 5.74) is 1.35. The summed E-state index contributed by atoms with van der Waals surface area (Å²) < 4.78 is 7.07. The van der Waals surface area contributed by atoms with E-state index < -0.39 is 0 Å². The van der Waals surface area contributed by atoms with Gasteiger partial charge in [-0.15, -0.1) is 0 Å². The van der Waals surface area contributed by atoms with Gasteiger partial charge in [0.25, 0.3) is 11.8 Å². The van der Waals surface area contributed by atoms with Crippen LogP contribution in [-0.4, -0.2) is 25.8 Å². The van der Waals surface area contributed by atoms with Gasteiger partial charge >= 0.3 is 0 Å². The number of hydrogen-bond donors (Lipinski definition) is 1. The summed E-state index contributed by atoms with van der Waals surface area (Å²) >= 11 is 0. The van der Waals surface area contributed by atoms with Crippen LogP contribution in [-0.2, 0) is 0 Å². The van der Waals surface area contributed by atoms with Crippen LogP contribution in [0, 0.1) is 6.92 Å². The Morgan fingerprint density at radius 2 is 1.96 bits per heavy atom. The molecule has 0 spiro atoms. The van der Waals surface area contributed by atoms with Crippen molar-refractivity contribution in [2.24, 2.45) is 0 Å². The van der Waals surface area contributed by atoms with Gasteiger partial charge in [-0.3, -0.25) is 4.79 Å². The molecular formula is C18H19N5O2. The van der Waals surface area contributed by atoms with Gasteiger partial charge in [0.2, 0.25) is 0 Å². The van der Waals surface area contributed by atoms with Gasteiger partial charge in [0, 0.05) is 17.2 Å². The van der Waals surface area contributed by atoms with E-state index in [4.69, 9.17) is 4.52 Å². The Kier molecular flexibility index (Phi) is 4.05. The minimum Gasteiger partial charge on any atom is -0.334 e. The number of anilines is 1. The molecule has 1 saturated carbocycles. The molecule has 128 valence electrons. The first-order valence-electron chi connectivity index (χ1n) is 8.46. The second kappa shape index (κ2) is 6.51. The molecule has 1 fully saturated rings. The number of nitrogens with one attached hydrogen (secondary N) is 1. The van der Waals surface area contributed by atoms with Crippen LogP contribution in [0.15, 0.2) is 41.1 Å². The van der Waals surface area contributed by atoms with Crippen molar-refractivity contribution >= 4 is 11.7 Å². The molecule has 0 radical (unpaired) electrons. The average molecular weight is 337 g/mol. The second-order valence-corrected chi connectivity index (χ2v) is 6.28. The summed E-state index contributed by atoms with van der Waals surface area (Å²) in [6.07, 6.45) is 6.39.